The molecule has 0 fully saturated rings. The Kier molecular flexibility index (Phi) is 5.56. The summed E-state index contributed by atoms with van der Waals surface area (Å²) in [7, 11) is 3.51. The molecule has 6 heteroatoms. The SMILES string of the molecule is Cc1ccccc1C(=O)N(CCN(C)C)CC(F)(F)F. The third-order valence-electron chi connectivity index (χ3n) is 2.85. The lowest BCUT2D eigenvalue weighted by Gasteiger charge is -2.26. The molecule has 0 unspecified atom stereocenters. The summed E-state index contributed by atoms with van der Waals surface area (Å²) in [5, 5.41) is 0. The fourth-order valence-electron chi connectivity index (χ4n) is 1.77. The highest BCUT2D eigenvalue weighted by atomic mass is 19.4. The van der Waals surface area contributed by atoms with Crippen LogP contribution < -0.4 is 0 Å². The van der Waals surface area contributed by atoms with E-state index in [1.54, 1.807) is 50.2 Å². The van der Waals surface area contributed by atoms with Crippen molar-refractivity contribution in [2.75, 3.05) is 33.7 Å². The van der Waals surface area contributed by atoms with Gasteiger partial charge in [-0.3, -0.25) is 4.79 Å². The highest BCUT2D eigenvalue weighted by Gasteiger charge is 2.33. The number of halogens is 3. The van der Waals surface area contributed by atoms with Gasteiger partial charge in [0.15, 0.2) is 0 Å². The number of amides is 1. The van der Waals surface area contributed by atoms with Gasteiger partial charge in [0.05, 0.1) is 0 Å². The number of carbonyl (C=O) groups is 1. The van der Waals surface area contributed by atoms with E-state index in [1.165, 1.54) is 0 Å². The van der Waals surface area contributed by atoms with Crippen molar-refractivity contribution in [1.29, 1.82) is 0 Å². The van der Waals surface area contributed by atoms with Crippen LogP contribution in [0.1, 0.15) is 15.9 Å². The molecule has 0 saturated carbocycles. The number of alkyl halides is 3. The second-order valence-electron chi connectivity index (χ2n) is 4.96. The molecule has 0 atom stereocenters. The second kappa shape index (κ2) is 6.74. The predicted molar refractivity (Wildman–Crippen MR) is 71.7 cm³/mol. The largest absolute Gasteiger partial charge is 0.406 e. The third-order valence-corrected chi connectivity index (χ3v) is 2.85. The second-order valence-corrected chi connectivity index (χ2v) is 4.96. The minimum absolute atomic E-state index is 0.0413. The van der Waals surface area contributed by atoms with Gasteiger partial charge in [-0.05, 0) is 32.6 Å². The van der Waals surface area contributed by atoms with Crippen LogP contribution in [0.25, 0.3) is 0 Å². The number of rotatable bonds is 5. The Balaban J connectivity index is 2.92. The lowest BCUT2D eigenvalue weighted by atomic mass is 10.1. The molecule has 0 aliphatic carbocycles. The van der Waals surface area contributed by atoms with Crippen molar-refractivity contribution in [3.8, 4) is 0 Å². The summed E-state index contributed by atoms with van der Waals surface area (Å²) in [6.45, 7) is 0.909. The van der Waals surface area contributed by atoms with Gasteiger partial charge in [-0.25, -0.2) is 0 Å². The number of hydrogen-bond donors (Lipinski definition) is 0. The fraction of sp³-hybridized carbons (Fsp3) is 0.500. The van der Waals surface area contributed by atoms with Crippen molar-refractivity contribution < 1.29 is 18.0 Å². The normalized spacial score (nSPS) is 11.8. The van der Waals surface area contributed by atoms with Crippen LogP contribution >= 0.6 is 0 Å². The molecule has 0 N–H and O–H groups in total. The average Bonchev–Trinajstić information content (AvgIpc) is 2.32. The fourth-order valence-corrected chi connectivity index (χ4v) is 1.77. The molecule has 0 radical (unpaired) electrons. The van der Waals surface area contributed by atoms with Crippen LogP contribution in [-0.2, 0) is 0 Å². The van der Waals surface area contributed by atoms with E-state index < -0.39 is 18.6 Å². The van der Waals surface area contributed by atoms with Gasteiger partial charge in [0.2, 0.25) is 0 Å². The van der Waals surface area contributed by atoms with Crippen molar-refractivity contribution in [3.63, 3.8) is 0 Å². The zero-order valence-electron chi connectivity index (χ0n) is 11.9. The molecule has 1 rings (SSSR count). The van der Waals surface area contributed by atoms with Crippen molar-refractivity contribution in [3.05, 3.63) is 35.4 Å². The lowest BCUT2D eigenvalue weighted by Crippen LogP contribution is -2.42. The summed E-state index contributed by atoms with van der Waals surface area (Å²) in [6.07, 6.45) is -4.40. The molecule has 112 valence electrons. The monoisotopic (exact) mass is 288 g/mol. The van der Waals surface area contributed by atoms with Crippen LogP contribution in [0.5, 0.6) is 0 Å². The maximum Gasteiger partial charge on any atom is 0.406 e. The van der Waals surface area contributed by atoms with Crippen LogP contribution in [0.3, 0.4) is 0 Å². The van der Waals surface area contributed by atoms with Gasteiger partial charge in [0.25, 0.3) is 5.91 Å². The maximum absolute atomic E-state index is 12.6. The molecule has 3 nitrogen and oxygen atoms in total. The smallest absolute Gasteiger partial charge is 0.328 e. The molecule has 0 heterocycles. The summed E-state index contributed by atoms with van der Waals surface area (Å²) < 4.78 is 37.8. The molecule has 1 amide bonds. The lowest BCUT2D eigenvalue weighted by molar-refractivity contribution is -0.141. The van der Waals surface area contributed by atoms with Crippen LogP contribution in [0.4, 0.5) is 13.2 Å². The molecule has 0 saturated heterocycles. The quantitative estimate of drug-likeness (QED) is 0.831. The first-order valence-electron chi connectivity index (χ1n) is 6.27. The summed E-state index contributed by atoms with van der Waals surface area (Å²) in [4.78, 5) is 14.9. The van der Waals surface area contributed by atoms with E-state index >= 15 is 0 Å². The van der Waals surface area contributed by atoms with Gasteiger partial charge in [-0.15, -0.1) is 0 Å². The Labute approximate surface area is 117 Å². The molecule has 1 aromatic rings. The minimum atomic E-state index is -4.40. The molecule has 0 aliphatic rings. The van der Waals surface area contributed by atoms with E-state index in [4.69, 9.17) is 0 Å². The number of carbonyl (C=O) groups excluding carboxylic acids is 1. The Morgan fingerprint density at radius 1 is 1.15 bits per heavy atom. The number of hydrogen-bond acceptors (Lipinski definition) is 2. The molecule has 0 bridgehead atoms. The van der Waals surface area contributed by atoms with E-state index in [1.807, 2.05) is 0 Å². The molecule has 0 spiro atoms. The molecular weight excluding hydrogens is 269 g/mol. The van der Waals surface area contributed by atoms with Crippen LogP contribution in [-0.4, -0.2) is 55.6 Å². The van der Waals surface area contributed by atoms with Gasteiger partial charge < -0.3 is 9.80 Å². The predicted octanol–water partition coefficient (Wildman–Crippen LogP) is 2.56. The van der Waals surface area contributed by atoms with E-state index in [2.05, 4.69) is 0 Å². The van der Waals surface area contributed by atoms with Gasteiger partial charge >= 0.3 is 6.18 Å². The van der Waals surface area contributed by atoms with E-state index in [0.717, 1.165) is 4.90 Å². The minimum Gasteiger partial charge on any atom is -0.328 e. The Hall–Kier alpha value is -1.56. The number of benzene rings is 1. The first-order chi connectivity index (χ1) is 9.20. The van der Waals surface area contributed by atoms with Crippen molar-refractivity contribution in [2.45, 2.75) is 13.1 Å². The molecule has 0 aromatic heterocycles. The Morgan fingerprint density at radius 3 is 2.25 bits per heavy atom. The van der Waals surface area contributed by atoms with Gasteiger partial charge in [-0.1, -0.05) is 18.2 Å². The maximum atomic E-state index is 12.6. The molecule has 20 heavy (non-hydrogen) atoms. The van der Waals surface area contributed by atoms with E-state index in [-0.39, 0.29) is 6.54 Å². The number of likely N-dealkylation sites (N-methyl/N-ethyl adjacent to an activating group) is 1. The average molecular weight is 288 g/mol. The highest BCUT2D eigenvalue weighted by Crippen LogP contribution is 2.19. The number of nitrogens with zero attached hydrogens (tertiary/aromatic N) is 2. The third kappa shape index (κ3) is 5.21. The van der Waals surface area contributed by atoms with E-state index in [0.29, 0.717) is 17.7 Å². The van der Waals surface area contributed by atoms with Crippen molar-refractivity contribution in [1.82, 2.24) is 9.80 Å². The Bertz CT molecular complexity index is 458. The molecule has 0 aliphatic heterocycles. The highest BCUT2D eigenvalue weighted by molar-refractivity contribution is 5.95. The van der Waals surface area contributed by atoms with Crippen LogP contribution in [0, 0.1) is 6.92 Å². The van der Waals surface area contributed by atoms with Crippen LogP contribution in [0.2, 0.25) is 0 Å². The van der Waals surface area contributed by atoms with Gasteiger partial charge in [0.1, 0.15) is 6.54 Å². The summed E-state index contributed by atoms with van der Waals surface area (Å²) in [5.41, 5.74) is 0.991. The Morgan fingerprint density at radius 2 is 1.75 bits per heavy atom. The van der Waals surface area contributed by atoms with Crippen LogP contribution in [0.15, 0.2) is 24.3 Å². The first-order valence-corrected chi connectivity index (χ1v) is 6.27. The molecular formula is C14H19F3N2O. The standard InChI is InChI=1S/C14H19F3N2O/c1-11-6-4-5-7-12(11)13(20)19(9-8-18(2)3)10-14(15,16)17/h4-7H,8-10H2,1-3H3. The summed E-state index contributed by atoms with van der Waals surface area (Å²) in [6, 6.07) is 6.67. The van der Waals surface area contributed by atoms with Gasteiger partial charge in [0, 0.05) is 18.7 Å². The zero-order chi connectivity index (χ0) is 15.3. The summed E-state index contributed by atoms with van der Waals surface area (Å²) in [5.74, 6) is -0.581. The zero-order valence-corrected chi connectivity index (χ0v) is 11.9. The number of aryl methyl sites for hydroxylation is 1. The van der Waals surface area contributed by atoms with E-state index in [9.17, 15) is 18.0 Å². The van der Waals surface area contributed by atoms with Crippen molar-refractivity contribution in [2.24, 2.45) is 0 Å². The topological polar surface area (TPSA) is 23.6 Å². The van der Waals surface area contributed by atoms with Gasteiger partial charge in [-0.2, -0.15) is 13.2 Å². The van der Waals surface area contributed by atoms with Crippen molar-refractivity contribution >= 4 is 5.91 Å². The first kappa shape index (κ1) is 16.5. The summed E-state index contributed by atoms with van der Waals surface area (Å²) >= 11 is 0. The molecule has 1 aromatic carbocycles.